The van der Waals surface area contributed by atoms with Crippen molar-refractivity contribution in [1.82, 2.24) is 5.32 Å². The number of rotatable bonds is 3. The quantitative estimate of drug-likeness (QED) is 0.914. The number of nitrogens with zero attached hydrogens (tertiary/aromatic N) is 1. The van der Waals surface area contributed by atoms with E-state index < -0.39 is 0 Å². The fourth-order valence-electron chi connectivity index (χ4n) is 2.69. The summed E-state index contributed by atoms with van der Waals surface area (Å²) in [6, 6.07) is 6.31. The van der Waals surface area contributed by atoms with Crippen LogP contribution in [0.4, 0.5) is 5.69 Å². The lowest BCUT2D eigenvalue weighted by molar-refractivity contribution is -0.126. The first kappa shape index (κ1) is 13.2. The van der Waals surface area contributed by atoms with E-state index in [1.807, 2.05) is 32.0 Å². The molecule has 3 rings (SSSR count). The van der Waals surface area contributed by atoms with Gasteiger partial charge in [0.1, 0.15) is 0 Å². The first-order valence-electron chi connectivity index (χ1n) is 7.23. The molecule has 4 nitrogen and oxygen atoms in total. The zero-order chi connectivity index (χ0) is 14.3. The van der Waals surface area contributed by atoms with Gasteiger partial charge in [-0.15, -0.1) is 0 Å². The van der Waals surface area contributed by atoms with Crippen LogP contribution in [0.5, 0.6) is 0 Å². The van der Waals surface area contributed by atoms with Crippen LogP contribution in [0.2, 0.25) is 0 Å². The van der Waals surface area contributed by atoms with Crippen LogP contribution in [0.3, 0.4) is 0 Å². The summed E-state index contributed by atoms with van der Waals surface area (Å²) in [5.41, 5.74) is 3.22. The lowest BCUT2D eigenvalue weighted by atomic mass is 10.1. The van der Waals surface area contributed by atoms with Gasteiger partial charge in [-0.25, -0.2) is 0 Å². The monoisotopic (exact) mass is 272 g/mol. The summed E-state index contributed by atoms with van der Waals surface area (Å²) in [5, 5.41) is 3.00. The summed E-state index contributed by atoms with van der Waals surface area (Å²) in [5.74, 6) is -0.119. The smallest absolute Gasteiger partial charge is 0.227 e. The second-order valence-electron chi connectivity index (χ2n) is 5.91. The van der Waals surface area contributed by atoms with Gasteiger partial charge in [0.2, 0.25) is 11.8 Å². The second kappa shape index (κ2) is 4.93. The lowest BCUT2D eigenvalue weighted by Gasteiger charge is -2.20. The Morgan fingerprint density at radius 2 is 2.05 bits per heavy atom. The lowest BCUT2D eigenvalue weighted by Crippen LogP contribution is -2.34. The maximum atomic E-state index is 12.2. The first-order chi connectivity index (χ1) is 9.56. The standard InChI is InChI=1S/C16H20N2O2/c1-10-4-3-5-14(11(10)2)18-9-12(8-15(18)19)16(20)17-13-6-7-13/h3-5,12-13H,6-9H2,1-2H3,(H,17,20)/t12-/m1/s1. The Kier molecular flexibility index (Phi) is 3.24. The first-order valence-corrected chi connectivity index (χ1v) is 7.23. The Morgan fingerprint density at radius 1 is 1.30 bits per heavy atom. The zero-order valence-corrected chi connectivity index (χ0v) is 12.0. The molecule has 2 aliphatic rings. The van der Waals surface area contributed by atoms with Gasteiger partial charge in [-0.3, -0.25) is 9.59 Å². The fourth-order valence-corrected chi connectivity index (χ4v) is 2.69. The van der Waals surface area contributed by atoms with Crippen LogP contribution in [0, 0.1) is 19.8 Å². The summed E-state index contributed by atoms with van der Waals surface area (Å²) in [6.45, 7) is 4.56. The summed E-state index contributed by atoms with van der Waals surface area (Å²) in [4.78, 5) is 26.0. The molecule has 20 heavy (non-hydrogen) atoms. The summed E-state index contributed by atoms with van der Waals surface area (Å²) >= 11 is 0. The van der Waals surface area contributed by atoms with E-state index in [1.165, 1.54) is 5.56 Å². The molecule has 0 unspecified atom stereocenters. The number of benzene rings is 1. The molecule has 1 aliphatic heterocycles. The molecule has 1 saturated carbocycles. The highest BCUT2D eigenvalue weighted by atomic mass is 16.2. The number of hydrogen-bond donors (Lipinski definition) is 1. The molecule has 1 aromatic carbocycles. The molecule has 0 radical (unpaired) electrons. The van der Waals surface area contributed by atoms with Crippen molar-refractivity contribution in [2.45, 2.75) is 39.2 Å². The van der Waals surface area contributed by atoms with Gasteiger partial charge in [-0.1, -0.05) is 12.1 Å². The van der Waals surface area contributed by atoms with Crippen LogP contribution in [-0.4, -0.2) is 24.4 Å². The van der Waals surface area contributed by atoms with Gasteiger partial charge in [0.25, 0.3) is 0 Å². The van der Waals surface area contributed by atoms with Gasteiger partial charge < -0.3 is 10.2 Å². The van der Waals surface area contributed by atoms with E-state index >= 15 is 0 Å². The van der Waals surface area contributed by atoms with Crippen molar-refractivity contribution in [2.75, 3.05) is 11.4 Å². The van der Waals surface area contributed by atoms with Gasteiger partial charge in [-0.05, 0) is 43.9 Å². The molecule has 2 amide bonds. The van der Waals surface area contributed by atoms with Crippen LogP contribution in [0.1, 0.15) is 30.4 Å². The molecule has 1 atom stereocenters. The average Bonchev–Trinajstić information content (AvgIpc) is 3.14. The third-order valence-corrected chi connectivity index (χ3v) is 4.29. The van der Waals surface area contributed by atoms with E-state index in [0.29, 0.717) is 19.0 Å². The van der Waals surface area contributed by atoms with Gasteiger partial charge in [-0.2, -0.15) is 0 Å². The molecule has 0 aromatic heterocycles. The average molecular weight is 272 g/mol. The Morgan fingerprint density at radius 3 is 2.75 bits per heavy atom. The molecule has 1 N–H and O–H groups in total. The van der Waals surface area contributed by atoms with Crippen molar-refractivity contribution < 1.29 is 9.59 Å². The molecule has 2 fully saturated rings. The highest BCUT2D eigenvalue weighted by Gasteiger charge is 2.37. The Balaban J connectivity index is 1.76. The maximum Gasteiger partial charge on any atom is 0.227 e. The number of nitrogens with one attached hydrogen (secondary N) is 1. The number of amides is 2. The van der Waals surface area contributed by atoms with E-state index in [2.05, 4.69) is 5.32 Å². The molecule has 4 heteroatoms. The van der Waals surface area contributed by atoms with Crippen molar-refractivity contribution in [2.24, 2.45) is 5.92 Å². The topological polar surface area (TPSA) is 49.4 Å². The van der Waals surface area contributed by atoms with E-state index in [4.69, 9.17) is 0 Å². The van der Waals surface area contributed by atoms with Crippen molar-refractivity contribution in [3.63, 3.8) is 0 Å². The molecule has 106 valence electrons. The molecular weight excluding hydrogens is 252 g/mol. The Bertz CT molecular complexity index is 564. The Labute approximate surface area is 119 Å². The molecule has 1 saturated heterocycles. The molecule has 0 spiro atoms. The number of carbonyl (C=O) groups is 2. The predicted molar refractivity (Wildman–Crippen MR) is 77.5 cm³/mol. The van der Waals surface area contributed by atoms with Gasteiger partial charge in [0, 0.05) is 24.7 Å². The Hall–Kier alpha value is -1.84. The van der Waals surface area contributed by atoms with Crippen molar-refractivity contribution in [3.8, 4) is 0 Å². The maximum absolute atomic E-state index is 12.2. The van der Waals surface area contributed by atoms with Crippen LogP contribution < -0.4 is 10.2 Å². The van der Waals surface area contributed by atoms with E-state index in [1.54, 1.807) is 4.90 Å². The number of anilines is 1. The van der Waals surface area contributed by atoms with Crippen LogP contribution in [0.15, 0.2) is 18.2 Å². The molecule has 0 bridgehead atoms. The third-order valence-electron chi connectivity index (χ3n) is 4.29. The normalized spacial score (nSPS) is 22.2. The number of carbonyl (C=O) groups excluding carboxylic acids is 2. The minimum Gasteiger partial charge on any atom is -0.353 e. The van der Waals surface area contributed by atoms with Gasteiger partial charge in [0.15, 0.2) is 0 Å². The summed E-state index contributed by atoms with van der Waals surface area (Å²) in [6.07, 6.45) is 2.48. The summed E-state index contributed by atoms with van der Waals surface area (Å²) in [7, 11) is 0. The fraction of sp³-hybridized carbons (Fsp3) is 0.500. The van der Waals surface area contributed by atoms with E-state index in [9.17, 15) is 9.59 Å². The molecule has 1 aromatic rings. The molecule has 1 aliphatic carbocycles. The van der Waals surface area contributed by atoms with Crippen molar-refractivity contribution in [3.05, 3.63) is 29.3 Å². The second-order valence-corrected chi connectivity index (χ2v) is 5.91. The van der Waals surface area contributed by atoms with Crippen LogP contribution >= 0.6 is 0 Å². The molecular formula is C16H20N2O2. The van der Waals surface area contributed by atoms with Crippen LogP contribution in [-0.2, 0) is 9.59 Å². The predicted octanol–water partition coefficient (Wildman–Crippen LogP) is 1.93. The number of hydrogen-bond acceptors (Lipinski definition) is 2. The third kappa shape index (κ3) is 2.42. The van der Waals surface area contributed by atoms with Crippen molar-refractivity contribution >= 4 is 17.5 Å². The number of aryl methyl sites for hydroxylation is 1. The van der Waals surface area contributed by atoms with Crippen LogP contribution in [0.25, 0.3) is 0 Å². The highest BCUT2D eigenvalue weighted by Crippen LogP contribution is 2.30. The highest BCUT2D eigenvalue weighted by molar-refractivity contribution is 6.01. The molecule has 1 heterocycles. The van der Waals surface area contributed by atoms with E-state index in [-0.39, 0.29) is 17.7 Å². The largest absolute Gasteiger partial charge is 0.353 e. The van der Waals surface area contributed by atoms with Gasteiger partial charge in [0.05, 0.1) is 5.92 Å². The van der Waals surface area contributed by atoms with E-state index in [0.717, 1.165) is 24.1 Å². The summed E-state index contributed by atoms with van der Waals surface area (Å²) < 4.78 is 0. The van der Waals surface area contributed by atoms with Crippen molar-refractivity contribution in [1.29, 1.82) is 0 Å². The van der Waals surface area contributed by atoms with Gasteiger partial charge >= 0.3 is 0 Å². The minimum atomic E-state index is -0.206. The SMILES string of the molecule is Cc1cccc(N2C[C@H](C(=O)NC3CC3)CC2=O)c1C. The minimum absolute atomic E-state index is 0.0358. The zero-order valence-electron chi connectivity index (χ0n) is 12.0.